The van der Waals surface area contributed by atoms with Gasteiger partial charge in [0, 0.05) is 18.7 Å². The number of nitrogens with one attached hydrogen (secondary N) is 1. The molecule has 1 unspecified atom stereocenters. The zero-order chi connectivity index (χ0) is 14.2. The first-order valence-corrected chi connectivity index (χ1v) is 6.64. The topological polar surface area (TPSA) is 52.6 Å². The summed E-state index contributed by atoms with van der Waals surface area (Å²) in [6.07, 6.45) is -0.516. The van der Waals surface area contributed by atoms with Crippen molar-refractivity contribution in [2.45, 2.75) is 45.9 Å². The van der Waals surface area contributed by atoms with Crippen molar-refractivity contribution in [1.82, 2.24) is 5.32 Å². The van der Waals surface area contributed by atoms with E-state index in [0.717, 1.165) is 11.3 Å². The Morgan fingerprint density at radius 1 is 1.37 bits per heavy atom. The van der Waals surface area contributed by atoms with Gasteiger partial charge in [-0.2, -0.15) is 0 Å². The molecule has 2 N–H and O–H groups in total. The molecule has 4 heteroatoms. The molecule has 1 amide bonds. The molecule has 19 heavy (non-hydrogen) atoms. The lowest BCUT2D eigenvalue weighted by Crippen LogP contribution is -2.54. The van der Waals surface area contributed by atoms with Gasteiger partial charge in [-0.25, -0.2) is 0 Å². The van der Waals surface area contributed by atoms with Crippen LogP contribution in [0.25, 0.3) is 0 Å². The van der Waals surface area contributed by atoms with Crippen LogP contribution in [0.4, 0.5) is 5.69 Å². The molecule has 1 aromatic carbocycles. The summed E-state index contributed by atoms with van der Waals surface area (Å²) in [5, 5.41) is 12.5. The SMILES string of the molecule is Cc1cc(C(C)(C)C)ccc1N1CCC(=O)NC1O. The molecule has 0 radical (unpaired) electrons. The van der Waals surface area contributed by atoms with E-state index in [9.17, 15) is 9.90 Å². The maximum absolute atomic E-state index is 11.2. The van der Waals surface area contributed by atoms with Crippen LogP contribution in [0.5, 0.6) is 0 Å². The number of hydrogen-bond acceptors (Lipinski definition) is 3. The molecule has 4 nitrogen and oxygen atoms in total. The highest BCUT2D eigenvalue weighted by molar-refractivity contribution is 5.78. The lowest BCUT2D eigenvalue weighted by molar-refractivity contribution is -0.125. The number of carbonyl (C=O) groups is 1. The van der Waals surface area contributed by atoms with Gasteiger partial charge in [-0.3, -0.25) is 4.79 Å². The molecule has 104 valence electrons. The van der Waals surface area contributed by atoms with E-state index in [2.05, 4.69) is 38.2 Å². The van der Waals surface area contributed by atoms with E-state index in [0.29, 0.717) is 13.0 Å². The Kier molecular flexibility index (Phi) is 3.54. The molecule has 1 saturated heterocycles. The van der Waals surface area contributed by atoms with Crippen molar-refractivity contribution in [1.29, 1.82) is 0 Å². The number of amides is 1. The van der Waals surface area contributed by atoms with Crippen LogP contribution in [-0.2, 0) is 10.2 Å². The highest BCUT2D eigenvalue weighted by Crippen LogP contribution is 2.29. The molecule has 1 aliphatic heterocycles. The van der Waals surface area contributed by atoms with Gasteiger partial charge in [-0.1, -0.05) is 32.9 Å². The quantitative estimate of drug-likeness (QED) is 0.812. The van der Waals surface area contributed by atoms with Crippen molar-refractivity contribution in [3.05, 3.63) is 29.3 Å². The fourth-order valence-corrected chi connectivity index (χ4v) is 2.33. The minimum Gasteiger partial charge on any atom is -0.356 e. The molecule has 0 bridgehead atoms. The standard InChI is InChI=1S/C15H22N2O2/c1-10-9-11(15(2,3)4)5-6-12(10)17-8-7-13(18)16-14(17)19/h5-6,9,14,19H,7-8H2,1-4H3,(H,16,18). The molecular weight excluding hydrogens is 240 g/mol. The van der Waals surface area contributed by atoms with Crippen LogP contribution in [0, 0.1) is 6.92 Å². The number of hydrogen-bond donors (Lipinski definition) is 2. The highest BCUT2D eigenvalue weighted by Gasteiger charge is 2.25. The van der Waals surface area contributed by atoms with Crippen LogP contribution in [0.3, 0.4) is 0 Å². The van der Waals surface area contributed by atoms with Gasteiger partial charge in [-0.05, 0) is 29.5 Å². The predicted octanol–water partition coefficient (Wildman–Crippen LogP) is 1.89. The Morgan fingerprint density at radius 2 is 2.05 bits per heavy atom. The second-order valence-corrected chi connectivity index (χ2v) is 6.14. The summed E-state index contributed by atoms with van der Waals surface area (Å²) in [6, 6.07) is 6.26. The van der Waals surface area contributed by atoms with Crippen molar-refractivity contribution < 1.29 is 9.90 Å². The van der Waals surface area contributed by atoms with Gasteiger partial charge < -0.3 is 15.3 Å². The Balaban J connectivity index is 2.29. The van der Waals surface area contributed by atoms with Crippen molar-refractivity contribution in [3.63, 3.8) is 0 Å². The van der Waals surface area contributed by atoms with Crippen LogP contribution in [0.1, 0.15) is 38.3 Å². The molecule has 0 aliphatic carbocycles. The average Bonchev–Trinajstić information content (AvgIpc) is 2.28. The maximum atomic E-state index is 11.2. The normalized spacial score (nSPS) is 20.4. The number of rotatable bonds is 1. The van der Waals surface area contributed by atoms with E-state index in [1.165, 1.54) is 5.56 Å². The zero-order valence-corrected chi connectivity index (χ0v) is 12.0. The van der Waals surface area contributed by atoms with Gasteiger partial charge in [-0.15, -0.1) is 0 Å². The molecule has 2 rings (SSSR count). The molecule has 1 aromatic rings. The number of carbonyl (C=O) groups excluding carboxylic acids is 1. The monoisotopic (exact) mass is 262 g/mol. The summed E-state index contributed by atoms with van der Waals surface area (Å²) < 4.78 is 0. The summed E-state index contributed by atoms with van der Waals surface area (Å²) in [5.41, 5.74) is 3.46. The Hall–Kier alpha value is -1.55. The smallest absolute Gasteiger partial charge is 0.225 e. The van der Waals surface area contributed by atoms with Crippen molar-refractivity contribution >= 4 is 11.6 Å². The molecule has 1 atom stereocenters. The van der Waals surface area contributed by atoms with Crippen molar-refractivity contribution in [3.8, 4) is 0 Å². The first-order chi connectivity index (χ1) is 8.79. The largest absolute Gasteiger partial charge is 0.356 e. The third-order valence-corrected chi connectivity index (χ3v) is 3.54. The summed E-state index contributed by atoms with van der Waals surface area (Å²) in [7, 11) is 0. The third kappa shape index (κ3) is 2.89. The zero-order valence-electron chi connectivity index (χ0n) is 12.0. The van der Waals surface area contributed by atoms with Gasteiger partial charge in [0.2, 0.25) is 12.3 Å². The number of anilines is 1. The summed E-state index contributed by atoms with van der Waals surface area (Å²) >= 11 is 0. The van der Waals surface area contributed by atoms with E-state index in [4.69, 9.17) is 0 Å². The number of aryl methyl sites for hydroxylation is 1. The van der Waals surface area contributed by atoms with Crippen LogP contribution in [0.2, 0.25) is 0 Å². The third-order valence-electron chi connectivity index (χ3n) is 3.54. The van der Waals surface area contributed by atoms with Gasteiger partial charge in [0.15, 0.2) is 0 Å². The Bertz CT molecular complexity index is 491. The number of aliphatic hydroxyl groups is 1. The fraction of sp³-hybridized carbons (Fsp3) is 0.533. The summed E-state index contributed by atoms with van der Waals surface area (Å²) in [4.78, 5) is 13.0. The predicted molar refractivity (Wildman–Crippen MR) is 76.0 cm³/mol. The van der Waals surface area contributed by atoms with Crippen LogP contribution < -0.4 is 10.2 Å². The average molecular weight is 262 g/mol. The van der Waals surface area contributed by atoms with Gasteiger partial charge in [0.1, 0.15) is 0 Å². The molecule has 1 fully saturated rings. The second kappa shape index (κ2) is 4.85. The lowest BCUT2D eigenvalue weighted by Gasteiger charge is -2.35. The van der Waals surface area contributed by atoms with Crippen molar-refractivity contribution in [2.24, 2.45) is 0 Å². The Labute approximate surface area is 114 Å². The highest BCUT2D eigenvalue weighted by atomic mass is 16.3. The van der Waals surface area contributed by atoms with E-state index in [1.807, 2.05) is 17.9 Å². The van der Waals surface area contributed by atoms with Crippen molar-refractivity contribution in [2.75, 3.05) is 11.4 Å². The minimum atomic E-state index is -0.930. The first kappa shape index (κ1) is 13.9. The fourth-order valence-electron chi connectivity index (χ4n) is 2.33. The summed E-state index contributed by atoms with van der Waals surface area (Å²) in [6.45, 7) is 9.11. The van der Waals surface area contributed by atoms with E-state index in [1.54, 1.807) is 0 Å². The van der Waals surface area contributed by atoms with Crippen LogP contribution in [0.15, 0.2) is 18.2 Å². The minimum absolute atomic E-state index is 0.104. The van der Waals surface area contributed by atoms with Gasteiger partial charge in [0.25, 0.3) is 0 Å². The number of aliphatic hydroxyl groups excluding tert-OH is 1. The van der Waals surface area contributed by atoms with E-state index < -0.39 is 6.35 Å². The first-order valence-electron chi connectivity index (χ1n) is 6.64. The molecule has 0 aromatic heterocycles. The molecule has 1 heterocycles. The number of benzene rings is 1. The lowest BCUT2D eigenvalue weighted by atomic mass is 9.86. The molecule has 0 spiro atoms. The van der Waals surface area contributed by atoms with E-state index in [-0.39, 0.29) is 11.3 Å². The number of nitrogens with zero attached hydrogens (tertiary/aromatic N) is 1. The Morgan fingerprint density at radius 3 is 2.58 bits per heavy atom. The molecule has 0 saturated carbocycles. The van der Waals surface area contributed by atoms with Gasteiger partial charge in [0.05, 0.1) is 0 Å². The second-order valence-electron chi connectivity index (χ2n) is 6.14. The van der Waals surface area contributed by atoms with Gasteiger partial charge >= 0.3 is 0 Å². The molecular formula is C15H22N2O2. The summed E-state index contributed by atoms with van der Waals surface area (Å²) in [5.74, 6) is -0.104. The molecule has 1 aliphatic rings. The van der Waals surface area contributed by atoms with Crippen LogP contribution >= 0.6 is 0 Å². The maximum Gasteiger partial charge on any atom is 0.225 e. The van der Waals surface area contributed by atoms with E-state index >= 15 is 0 Å². The van der Waals surface area contributed by atoms with Crippen LogP contribution in [-0.4, -0.2) is 23.9 Å².